The van der Waals surface area contributed by atoms with E-state index in [0.717, 1.165) is 12.0 Å². The number of thiophene rings is 1. The van der Waals surface area contributed by atoms with Crippen molar-refractivity contribution in [3.63, 3.8) is 0 Å². The van der Waals surface area contributed by atoms with Crippen molar-refractivity contribution in [2.45, 2.75) is 25.1 Å². The summed E-state index contributed by atoms with van der Waals surface area (Å²) in [4.78, 5) is 15.7. The van der Waals surface area contributed by atoms with Gasteiger partial charge in [-0.3, -0.25) is 9.69 Å². The Bertz CT molecular complexity index is 846. The van der Waals surface area contributed by atoms with E-state index in [4.69, 9.17) is 0 Å². The summed E-state index contributed by atoms with van der Waals surface area (Å²) < 4.78 is 26.8. The van der Waals surface area contributed by atoms with Crippen LogP contribution in [0.4, 0.5) is 0 Å². The number of nitrogens with one attached hydrogen (secondary N) is 1. The second-order valence-electron chi connectivity index (χ2n) is 6.97. The molecule has 1 aromatic carbocycles. The molecule has 3 rings (SSSR count). The monoisotopic (exact) mass is 421 g/mol. The van der Waals surface area contributed by atoms with Crippen molar-refractivity contribution >= 4 is 27.3 Å². The molecule has 28 heavy (non-hydrogen) atoms. The Morgan fingerprint density at radius 3 is 2.46 bits per heavy atom. The molecular weight excluding hydrogens is 394 g/mol. The van der Waals surface area contributed by atoms with E-state index in [1.807, 2.05) is 48.7 Å². The van der Waals surface area contributed by atoms with E-state index in [1.54, 1.807) is 11.3 Å². The molecule has 2 heterocycles. The fourth-order valence-corrected chi connectivity index (χ4v) is 5.55. The van der Waals surface area contributed by atoms with Crippen molar-refractivity contribution in [3.05, 3.63) is 58.3 Å². The lowest BCUT2D eigenvalue weighted by Crippen LogP contribution is -2.55. The first-order chi connectivity index (χ1) is 13.5. The molecule has 0 radical (unpaired) electrons. The molecule has 1 aliphatic heterocycles. The van der Waals surface area contributed by atoms with Gasteiger partial charge in [0, 0.05) is 37.6 Å². The summed E-state index contributed by atoms with van der Waals surface area (Å²) in [5.41, 5.74) is 0.795. The summed E-state index contributed by atoms with van der Waals surface area (Å²) in [6.07, 6.45) is 0.835. The molecular formula is C20H27N3O3S2. The topological polar surface area (TPSA) is 69.7 Å². The molecule has 1 aromatic heterocycles. The molecule has 1 N–H and O–H groups in total. The van der Waals surface area contributed by atoms with Crippen LogP contribution in [0.2, 0.25) is 0 Å². The number of carbonyl (C=O) groups excluding carboxylic acids is 1. The minimum Gasteiger partial charge on any atom is -0.354 e. The molecule has 8 heteroatoms. The number of carbonyl (C=O) groups is 1. The predicted molar refractivity (Wildman–Crippen MR) is 113 cm³/mol. The zero-order chi connectivity index (χ0) is 20.0. The number of amides is 1. The largest absolute Gasteiger partial charge is 0.354 e. The van der Waals surface area contributed by atoms with Crippen molar-refractivity contribution in [2.24, 2.45) is 0 Å². The van der Waals surface area contributed by atoms with Gasteiger partial charge in [-0.05, 0) is 30.4 Å². The Morgan fingerprint density at radius 1 is 1.11 bits per heavy atom. The summed E-state index contributed by atoms with van der Waals surface area (Å²) >= 11 is 1.69. The van der Waals surface area contributed by atoms with Gasteiger partial charge in [-0.25, -0.2) is 8.42 Å². The lowest BCUT2D eigenvalue weighted by molar-refractivity contribution is -0.126. The normalized spacial score (nSPS) is 17.3. The van der Waals surface area contributed by atoms with Crippen LogP contribution in [0.3, 0.4) is 0 Å². The van der Waals surface area contributed by atoms with Crippen molar-refractivity contribution in [2.75, 3.05) is 32.7 Å². The van der Waals surface area contributed by atoms with Crippen LogP contribution in [0.1, 0.15) is 17.4 Å². The maximum absolute atomic E-state index is 12.6. The fraction of sp³-hybridized carbons (Fsp3) is 0.450. The van der Waals surface area contributed by atoms with Gasteiger partial charge in [-0.15, -0.1) is 11.3 Å². The van der Waals surface area contributed by atoms with Crippen LogP contribution in [0.5, 0.6) is 0 Å². The van der Waals surface area contributed by atoms with Crippen LogP contribution in [0.25, 0.3) is 0 Å². The van der Waals surface area contributed by atoms with Gasteiger partial charge in [0.15, 0.2) is 0 Å². The van der Waals surface area contributed by atoms with Gasteiger partial charge >= 0.3 is 0 Å². The summed E-state index contributed by atoms with van der Waals surface area (Å²) in [5.74, 6) is 0.0178. The number of piperazine rings is 1. The highest BCUT2D eigenvalue weighted by atomic mass is 32.2. The maximum atomic E-state index is 12.6. The van der Waals surface area contributed by atoms with Crippen molar-refractivity contribution in [1.82, 2.24) is 14.5 Å². The molecule has 1 fully saturated rings. The van der Waals surface area contributed by atoms with Crippen LogP contribution in [-0.2, 0) is 27.0 Å². The van der Waals surface area contributed by atoms with Gasteiger partial charge in [-0.2, -0.15) is 4.31 Å². The maximum Gasteiger partial charge on any atom is 0.237 e. The molecule has 1 saturated heterocycles. The average molecular weight is 422 g/mol. The third-order valence-corrected chi connectivity index (χ3v) is 7.82. The Hall–Kier alpha value is -1.74. The SMILES string of the molecule is C[C@H](C(=O)NCCc1cccs1)N1CCN(S(=O)(=O)Cc2ccccc2)CC1. The van der Waals surface area contributed by atoms with E-state index in [9.17, 15) is 13.2 Å². The lowest BCUT2D eigenvalue weighted by atomic mass is 10.2. The molecule has 1 atom stereocenters. The number of hydrogen-bond donors (Lipinski definition) is 1. The number of hydrogen-bond acceptors (Lipinski definition) is 5. The molecule has 0 bridgehead atoms. The van der Waals surface area contributed by atoms with Crippen molar-refractivity contribution in [3.8, 4) is 0 Å². The van der Waals surface area contributed by atoms with E-state index in [-0.39, 0.29) is 17.7 Å². The zero-order valence-electron chi connectivity index (χ0n) is 16.1. The molecule has 0 unspecified atom stereocenters. The van der Waals surface area contributed by atoms with Gasteiger partial charge in [0.25, 0.3) is 0 Å². The van der Waals surface area contributed by atoms with E-state index < -0.39 is 10.0 Å². The smallest absolute Gasteiger partial charge is 0.237 e. The molecule has 0 saturated carbocycles. The van der Waals surface area contributed by atoms with Crippen molar-refractivity contribution < 1.29 is 13.2 Å². The Kier molecular flexibility index (Phi) is 7.23. The molecule has 0 spiro atoms. The number of benzene rings is 1. The summed E-state index contributed by atoms with van der Waals surface area (Å²) in [6.45, 7) is 4.47. The van der Waals surface area contributed by atoms with Crippen LogP contribution in [-0.4, -0.2) is 62.3 Å². The predicted octanol–water partition coefficient (Wildman–Crippen LogP) is 1.94. The Morgan fingerprint density at radius 2 is 1.82 bits per heavy atom. The Labute approximate surface area is 171 Å². The van der Waals surface area contributed by atoms with Crippen LogP contribution in [0, 0.1) is 0 Å². The molecule has 152 valence electrons. The molecule has 2 aromatic rings. The van der Waals surface area contributed by atoms with Crippen molar-refractivity contribution in [1.29, 1.82) is 0 Å². The third kappa shape index (κ3) is 5.64. The van der Waals surface area contributed by atoms with Crippen LogP contribution >= 0.6 is 11.3 Å². The highest BCUT2D eigenvalue weighted by Crippen LogP contribution is 2.15. The first kappa shape index (κ1) is 21.0. The first-order valence-electron chi connectivity index (χ1n) is 9.51. The second-order valence-corrected chi connectivity index (χ2v) is 9.97. The zero-order valence-corrected chi connectivity index (χ0v) is 17.7. The van der Waals surface area contributed by atoms with E-state index in [2.05, 4.69) is 16.3 Å². The van der Waals surface area contributed by atoms with E-state index >= 15 is 0 Å². The van der Waals surface area contributed by atoms with Gasteiger partial charge in [-0.1, -0.05) is 36.4 Å². The number of nitrogens with zero attached hydrogens (tertiary/aromatic N) is 2. The minimum absolute atomic E-state index is 0.00264. The number of sulfonamides is 1. The minimum atomic E-state index is -3.34. The third-order valence-electron chi connectivity index (χ3n) is 5.04. The first-order valence-corrected chi connectivity index (χ1v) is 12.0. The lowest BCUT2D eigenvalue weighted by Gasteiger charge is -2.36. The molecule has 0 aliphatic carbocycles. The quantitative estimate of drug-likeness (QED) is 0.707. The van der Waals surface area contributed by atoms with Crippen LogP contribution < -0.4 is 5.32 Å². The number of rotatable bonds is 8. The van der Waals surface area contributed by atoms with E-state index in [0.29, 0.717) is 32.7 Å². The van der Waals surface area contributed by atoms with Gasteiger partial charge < -0.3 is 5.32 Å². The van der Waals surface area contributed by atoms with E-state index in [1.165, 1.54) is 9.18 Å². The second kappa shape index (κ2) is 9.65. The van der Waals surface area contributed by atoms with Crippen LogP contribution in [0.15, 0.2) is 47.8 Å². The average Bonchev–Trinajstić information content (AvgIpc) is 3.21. The molecule has 1 aliphatic rings. The molecule has 6 nitrogen and oxygen atoms in total. The fourth-order valence-electron chi connectivity index (χ4n) is 3.32. The Balaban J connectivity index is 1.45. The van der Waals surface area contributed by atoms with Gasteiger partial charge in [0.1, 0.15) is 0 Å². The summed E-state index contributed by atoms with van der Waals surface area (Å²) in [6, 6.07) is 13.0. The standard InChI is InChI=1S/C20H27N3O3S2/c1-17(20(24)21-10-9-19-8-5-15-27-19)22-11-13-23(14-12-22)28(25,26)16-18-6-3-2-4-7-18/h2-8,15,17H,9-14,16H2,1H3,(H,21,24)/t17-/m1/s1. The summed E-state index contributed by atoms with van der Waals surface area (Å²) in [5, 5.41) is 5.02. The summed E-state index contributed by atoms with van der Waals surface area (Å²) in [7, 11) is -3.34. The highest BCUT2D eigenvalue weighted by Gasteiger charge is 2.30. The van der Waals surface area contributed by atoms with Gasteiger partial charge in [0.2, 0.25) is 15.9 Å². The molecule has 1 amide bonds. The van der Waals surface area contributed by atoms with Gasteiger partial charge in [0.05, 0.1) is 11.8 Å². The highest BCUT2D eigenvalue weighted by molar-refractivity contribution is 7.88.